The van der Waals surface area contributed by atoms with E-state index in [0.717, 1.165) is 4.47 Å². The van der Waals surface area contributed by atoms with E-state index < -0.39 is 18.0 Å². The zero-order valence-electron chi connectivity index (χ0n) is 13.9. The van der Waals surface area contributed by atoms with E-state index in [2.05, 4.69) is 20.9 Å². The Hall–Kier alpha value is -2.41. The predicted molar refractivity (Wildman–Crippen MR) is 94.3 cm³/mol. The molecule has 1 atom stereocenters. The van der Waals surface area contributed by atoms with Gasteiger partial charge in [-0.25, -0.2) is 9.78 Å². The number of ether oxygens (including phenoxy) is 3. The number of carbonyl (C=O) groups excluding carboxylic acids is 2. The molecule has 0 radical (unpaired) electrons. The van der Waals surface area contributed by atoms with Gasteiger partial charge in [-0.3, -0.25) is 4.79 Å². The maximum Gasteiger partial charge on any atom is 0.340 e. The maximum atomic E-state index is 12.4. The number of methoxy groups -OCH3 is 1. The molecule has 0 spiro atoms. The summed E-state index contributed by atoms with van der Waals surface area (Å²) in [7, 11) is 1.49. The Morgan fingerprint density at radius 3 is 2.64 bits per heavy atom. The molecule has 25 heavy (non-hydrogen) atoms. The number of carbonyl (C=O) groups is 2. The van der Waals surface area contributed by atoms with Crippen LogP contribution in [0.25, 0.3) is 0 Å². The van der Waals surface area contributed by atoms with Crippen molar-refractivity contribution in [2.24, 2.45) is 0 Å². The van der Waals surface area contributed by atoms with Crippen LogP contribution in [-0.2, 0) is 14.3 Å². The molecule has 0 aliphatic rings. The average molecular weight is 408 g/mol. The van der Waals surface area contributed by atoms with Crippen LogP contribution in [0.5, 0.6) is 5.88 Å². The van der Waals surface area contributed by atoms with Gasteiger partial charge in [-0.05, 0) is 30.7 Å². The topological polar surface area (TPSA) is 74.7 Å². The van der Waals surface area contributed by atoms with Crippen molar-refractivity contribution in [1.82, 2.24) is 4.98 Å². The first kappa shape index (κ1) is 18.9. The Morgan fingerprint density at radius 1 is 1.24 bits per heavy atom. The van der Waals surface area contributed by atoms with E-state index in [1.54, 1.807) is 37.3 Å². The summed E-state index contributed by atoms with van der Waals surface area (Å²) in [4.78, 5) is 28.2. The number of aromatic nitrogens is 1. The maximum absolute atomic E-state index is 12.4. The van der Waals surface area contributed by atoms with Gasteiger partial charge in [0.15, 0.2) is 0 Å². The van der Waals surface area contributed by atoms with E-state index in [1.165, 1.54) is 13.3 Å². The van der Waals surface area contributed by atoms with Crippen molar-refractivity contribution in [2.45, 2.75) is 19.4 Å². The molecule has 132 valence electrons. The molecule has 0 saturated carbocycles. The minimum absolute atomic E-state index is 0.0698. The molecule has 0 fully saturated rings. The highest BCUT2D eigenvalue weighted by molar-refractivity contribution is 9.10. The lowest BCUT2D eigenvalue weighted by atomic mass is 10.1. The number of benzene rings is 1. The largest absolute Gasteiger partial charge is 0.481 e. The molecule has 0 bridgehead atoms. The summed E-state index contributed by atoms with van der Waals surface area (Å²) < 4.78 is 16.3. The molecule has 0 N–H and O–H groups in total. The summed E-state index contributed by atoms with van der Waals surface area (Å²) in [5.74, 6) is -0.621. The number of rotatable bonds is 7. The molecule has 0 unspecified atom stereocenters. The van der Waals surface area contributed by atoms with Crippen LogP contribution in [0.4, 0.5) is 0 Å². The van der Waals surface area contributed by atoms with Crippen molar-refractivity contribution in [2.75, 3.05) is 13.7 Å². The Balaban J connectivity index is 2.19. The summed E-state index contributed by atoms with van der Waals surface area (Å²) in [5.41, 5.74) is 0.960. The number of nitrogens with zero attached hydrogens (tertiary/aromatic N) is 1. The van der Waals surface area contributed by atoms with Gasteiger partial charge in [0, 0.05) is 16.7 Å². The van der Waals surface area contributed by atoms with Gasteiger partial charge in [0.25, 0.3) is 0 Å². The smallest absolute Gasteiger partial charge is 0.340 e. The first-order valence-electron chi connectivity index (χ1n) is 7.65. The average Bonchev–Trinajstić information content (AvgIpc) is 2.61. The SMILES string of the molecule is CCOC(=O)C[C@@H](OC(=O)c1ccc(OC)nc1)c1cccc(Br)c1. The lowest BCUT2D eigenvalue weighted by Crippen LogP contribution is -2.17. The van der Waals surface area contributed by atoms with Crippen LogP contribution in [0.1, 0.15) is 35.4 Å². The van der Waals surface area contributed by atoms with Gasteiger partial charge in [0.1, 0.15) is 6.10 Å². The van der Waals surface area contributed by atoms with Crippen molar-refractivity contribution in [3.63, 3.8) is 0 Å². The van der Waals surface area contributed by atoms with Gasteiger partial charge in [0.05, 0.1) is 25.7 Å². The molecule has 0 amide bonds. The zero-order chi connectivity index (χ0) is 18.2. The second kappa shape index (κ2) is 9.17. The summed E-state index contributed by atoms with van der Waals surface area (Å²) in [6.07, 6.45) is 0.537. The summed E-state index contributed by atoms with van der Waals surface area (Å²) >= 11 is 3.37. The van der Waals surface area contributed by atoms with Crippen molar-refractivity contribution in [1.29, 1.82) is 0 Å². The van der Waals surface area contributed by atoms with Crippen LogP contribution in [0.3, 0.4) is 0 Å². The quantitative estimate of drug-likeness (QED) is 0.651. The zero-order valence-corrected chi connectivity index (χ0v) is 15.5. The first-order valence-corrected chi connectivity index (χ1v) is 8.45. The van der Waals surface area contributed by atoms with Gasteiger partial charge in [-0.2, -0.15) is 0 Å². The Bertz CT molecular complexity index is 733. The molecule has 0 aliphatic carbocycles. The first-order chi connectivity index (χ1) is 12.0. The molecule has 1 aromatic carbocycles. The van der Waals surface area contributed by atoms with E-state index in [-0.39, 0.29) is 18.6 Å². The van der Waals surface area contributed by atoms with Crippen molar-refractivity contribution in [3.8, 4) is 5.88 Å². The molecule has 0 aliphatic heterocycles. The molecule has 1 aromatic heterocycles. The van der Waals surface area contributed by atoms with Crippen molar-refractivity contribution in [3.05, 3.63) is 58.2 Å². The highest BCUT2D eigenvalue weighted by Gasteiger charge is 2.22. The Labute approximate surface area is 154 Å². The van der Waals surface area contributed by atoms with Crippen LogP contribution >= 0.6 is 15.9 Å². The monoisotopic (exact) mass is 407 g/mol. The van der Waals surface area contributed by atoms with Gasteiger partial charge in [0.2, 0.25) is 5.88 Å². The number of halogens is 1. The van der Waals surface area contributed by atoms with Gasteiger partial charge in [-0.15, -0.1) is 0 Å². The van der Waals surface area contributed by atoms with Crippen LogP contribution in [0.15, 0.2) is 47.1 Å². The highest BCUT2D eigenvalue weighted by Crippen LogP contribution is 2.26. The standard InChI is InChI=1S/C18H18BrNO5/c1-3-24-17(21)10-15(12-5-4-6-14(19)9-12)25-18(22)13-7-8-16(23-2)20-11-13/h4-9,11,15H,3,10H2,1-2H3/t15-/m1/s1. The second-order valence-electron chi connectivity index (χ2n) is 5.05. The fourth-order valence-corrected chi connectivity index (χ4v) is 2.54. The molecule has 2 aromatic rings. The number of hydrogen-bond acceptors (Lipinski definition) is 6. The lowest BCUT2D eigenvalue weighted by molar-refractivity contribution is -0.145. The number of pyridine rings is 1. The fourth-order valence-electron chi connectivity index (χ4n) is 2.12. The van der Waals surface area contributed by atoms with Gasteiger partial charge >= 0.3 is 11.9 Å². The number of esters is 2. The predicted octanol–water partition coefficient (Wildman–Crippen LogP) is 3.70. The third-order valence-corrected chi connectivity index (χ3v) is 3.80. The van der Waals surface area contributed by atoms with E-state index >= 15 is 0 Å². The summed E-state index contributed by atoms with van der Waals surface area (Å²) in [6, 6.07) is 10.4. The van der Waals surface area contributed by atoms with E-state index in [0.29, 0.717) is 11.4 Å². The van der Waals surface area contributed by atoms with E-state index in [9.17, 15) is 9.59 Å². The van der Waals surface area contributed by atoms with Crippen LogP contribution < -0.4 is 4.74 Å². The molecular weight excluding hydrogens is 390 g/mol. The second-order valence-corrected chi connectivity index (χ2v) is 5.96. The summed E-state index contributed by atoms with van der Waals surface area (Å²) in [6.45, 7) is 1.99. The molecule has 0 saturated heterocycles. The van der Waals surface area contributed by atoms with Crippen LogP contribution in [-0.4, -0.2) is 30.6 Å². The normalized spacial score (nSPS) is 11.5. The van der Waals surface area contributed by atoms with Crippen LogP contribution in [0.2, 0.25) is 0 Å². The number of hydrogen-bond donors (Lipinski definition) is 0. The van der Waals surface area contributed by atoms with Crippen LogP contribution in [0, 0.1) is 0 Å². The fraction of sp³-hybridized carbons (Fsp3) is 0.278. The molecular formula is C18H18BrNO5. The summed E-state index contributed by atoms with van der Waals surface area (Å²) in [5, 5.41) is 0. The van der Waals surface area contributed by atoms with E-state index in [4.69, 9.17) is 14.2 Å². The Morgan fingerprint density at radius 2 is 2.04 bits per heavy atom. The molecule has 2 rings (SSSR count). The minimum atomic E-state index is -0.758. The molecule has 1 heterocycles. The Kier molecular flexibility index (Phi) is 6.94. The van der Waals surface area contributed by atoms with E-state index in [1.807, 2.05) is 6.07 Å². The minimum Gasteiger partial charge on any atom is -0.481 e. The lowest BCUT2D eigenvalue weighted by Gasteiger charge is -2.18. The van der Waals surface area contributed by atoms with Crippen molar-refractivity contribution >= 4 is 27.9 Å². The van der Waals surface area contributed by atoms with Crippen molar-refractivity contribution < 1.29 is 23.8 Å². The third-order valence-electron chi connectivity index (χ3n) is 3.31. The molecule has 6 nitrogen and oxygen atoms in total. The highest BCUT2D eigenvalue weighted by atomic mass is 79.9. The third kappa shape index (κ3) is 5.56. The van der Waals surface area contributed by atoms with Gasteiger partial charge < -0.3 is 14.2 Å². The van der Waals surface area contributed by atoms with Gasteiger partial charge in [-0.1, -0.05) is 28.1 Å². The molecule has 7 heteroatoms.